The molecular weight excluding hydrogens is 222 g/mol. The third-order valence-electron chi connectivity index (χ3n) is 2.17. The lowest BCUT2D eigenvalue weighted by atomic mass is 10.2. The molecule has 0 unspecified atom stereocenters. The molecule has 0 aliphatic carbocycles. The molecule has 1 amide bonds. The van der Waals surface area contributed by atoms with Crippen LogP contribution >= 0.6 is 0 Å². The molecule has 5 heteroatoms. The standard InChI is InChI=1S/C12H17NO4/c1-8(14)7-13-12(15)9-4-10(16-2)6-11(5-9)17-3/h4-6,8,14H,7H2,1-3H3,(H,13,15)/t8-/m1/s1. The summed E-state index contributed by atoms with van der Waals surface area (Å²) in [5.74, 6) is 0.821. The van der Waals surface area contributed by atoms with Crippen LogP contribution in [0.1, 0.15) is 17.3 Å². The average Bonchev–Trinajstić information content (AvgIpc) is 2.34. The molecule has 1 atom stereocenters. The van der Waals surface area contributed by atoms with Crippen LogP contribution in [-0.4, -0.2) is 37.9 Å². The highest BCUT2D eigenvalue weighted by molar-refractivity contribution is 5.95. The van der Waals surface area contributed by atoms with Crippen LogP contribution in [0.3, 0.4) is 0 Å². The van der Waals surface area contributed by atoms with Gasteiger partial charge in [0.25, 0.3) is 5.91 Å². The lowest BCUT2D eigenvalue weighted by molar-refractivity contribution is 0.0923. The molecule has 1 aromatic carbocycles. The minimum Gasteiger partial charge on any atom is -0.497 e. The van der Waals surface area contributed by atoms with Gasteiger partial charge in [0.2, 0.25) is 0 Å². The minimum absolute atomic E-state index is 0.207. The second kappa shape index (κ2) is 6.10. The summed E-state index contributed by atoms with van der Waals surface area (Å²) in [6.45, 7) is 1.81. The molecule has 0 bridgehead atoms. The molecule has 5 nitrogen and oxygen atoms in total. The highest BCUT2D eigenvalue weighted by atomic mass is 16.5. The highest BCUT2D eigenvalue weighted by Crippen LogP contribution is 2.22. The van der Waals surface area contributed by atoms with Gasteiger partial charge < -0.3 is 19.9 Å². The number of ether oxygens (including phenoxy) is 2. The number of rotatable bonds is 5. The van der Waals surface area contributed by atoms with Crippen LogP contribution < -0.4 is 14.8 Å². The largest absolute Gasteiger partial charge is 0.497 e. The van der Waals surface area contributed by atoms with E-state index in [0.717, 1.165) is 0 Å². The van der Waals surface area contributed by atoms with Crippen molar-refractivity contribution in [3.8, 4) is 11.5 Å². The summed E-state index contributed by atoms with van der Waals surface area (Å²) in [5, 5.41) is 11.7. The first-order valence-corrected chi connectivity index (χ1v) is 5.26. The van der Waals surface area contributed by atoms with Crippen molar-refractivity contribution in [3.63, 3.8) is 0 Å². The summed E-state index contributed by atoms with van der Waals surface area (Å²) in [4.78, 5) is 11.8. The molecule has 17 heavy (non-hydrogen) atoms. The van der Waals surface area contributed by atoms with E-state index in [1.54, 1.807) is 25.1 Å². The predicted octanol–water partition coefficient (Wildman–Crippen LogP) is 0.814. The molecule has 0 fully saturated rings. The highest BCUT2D eigenvalue weighted by Gasteiger charge is 2.10. The Balaban J connectivity index is 2.84. The second-order valence-corrected chi connectivity index (χ2v) is 3.66. The van der Waals surface area contributed by atoms with Crippen LogP contribution in [-0.2, 0) is 0 Å². The van der Waals surface area contributed by atoms with Crippen LogP contribution in [0.2, 0.25) is 0 Å². The first-order chi connectivity index (χ1) is 8.06. The van der Waals surface area contributed by atoms with Crippen molar-refractivity contribution in [2.45, 2.75) is 13.0 Å². The Morgan fingerprint density at radius 3 is 2.24 bits per heavy atom. The van der Waals surface area contributed by atoms with Gasteiger partial charge in [-0.2, -0.15) is 0 Å². The van der Waals surface area contributed by atoms with Gasteiger partial charge in [0.15, 0.2) is 0 Å². The maximum absolute atomic E-state index is 11.8. The Hall–Kier alpha value is -1.75. The summed E-state index contributed by atoms with van der Waals surface area (Å²) >= 11 is 0. The Morgan fingerprint density at radius 2 is 1.82 bits per heavy atom. The molecule has 0 aromatic heterocycles. The van der Waals surface area contributed by atoms with Crippen LogP contribution in [0.5, 0.6) is 11.5 Å². The van der Waals surface area contributed by atoms with E-state index in [1.807, 2.05) is 0 Å². The van der Waals surface area contributed by atoms with E-state index >= 15 is 0 Å². The van der Waals surface area contributed by atoms with Crippen LogP contribution in [0.15, 0.2) is 18.2 Å². The number of hydrogen-bond acceptors (Lipinski definition) is 4. The molecule has 0 saturated heterocycles. The maximum atomic E-state index is 11.8. The molecule has 1 rings (SSSR count). The van der Waals surface area contributed by atoms with Gasteiger partial charge in [-0.15, -0.1) is 0 Å². The summed E-state index contributed by atoms with van der Waals surface area (Å²) in [6.07, 6.45) is -0.577. The number of hydrogen-bond donors (Lipinski definition) is 2. The van der Waals surface area contributed by atoms with Gasteiger partial charge in [-0.1, -0.05) is 0 Å². The Morgan fingerprint density at radius 1 is 1.29 bits per heavy atom. The number of carbonyl (C=O) groups excluding carboxylic acids is 1. The van der Waals surface area contributed by atoms with E-state index in [-0.39, 0.29) is 12.5 Å². The van der Waals surface area contributed by atoms with Crippen molar-refractivity contribution < 1.29 is 19.4 Å². The monoisotopic (exact) mass is 239 g/mol. The first-order valence-electron chi connectivity index (χ1n) is 5.26. The summed E-state index contributed by atoms with van der Waals surface area (Å²) < 4.78 is 10.1. The zero-order chi connectivity index (χ0) is 12.8. The summed E-state index contributed by atoms with van der Waals surface area (Å²) in [7, 11) is 3.04. The molecule has 0 saturated carbocycles. The zero-order valence-electron chi connectivity index (χ0n) is 10.2. The minimum atomic E-state index is -0.577. The fourth-order valence-corrected chi connectivity index (χ4v) is 1.28. The van der Waals surface area contributed by atoms with E-state index in [1.165, 1.54) is 14.2 Å². The van der Waals surface area contributed by atoms with Gasteiger partial charge in [-0.25, -0.2) is 0 Å². The normalized spacial score (nSPS) is 11.8. The fourth-order valence-electron chi connectivity index (χ4n) is 1.28. The zero-order valence-corrected chi connectivity index (χ0v) is 10.2. The molecular formula is C12H17NO4. The van der Waals surface area contributed by atoms with Crippen LogP contribution in [0, 0.1) is 0 Å². The van der Waals surface area contributed by atoms with Gasteiger partial charge in [-0.05, 0) is 19.1 Å². The number of methoxy groups -OCH3 is 2. The van der Waals surface area contributed by atoms with Gasteiger partial charge in [0, 0.05) is 18.2 Å². The number of nitrogens with one attached hydrogen (secondary N) is 1. The van der Waals surface area contributed by atoms with Crippen molar-refractivity contribution in [2.24, 2.45) is 0 Å². The van der Waals surface area contributed by atoms with E-state index in [9.17, 15) is 4.79 Å². The maximum Gasteiger partial charge on any atom is 0.251 e. The Labute approximate surface area is 100 Å². The fraction of sp³-hybridized carbons (Fsp3) is 0.417. The number of carbonyl (C=O) groups is 1. The Kier molecular flexibility index (Phi) is 4.78. The van der Waals surface area contributed by atoms with Gasteiger partial charge in [0.1, 0.15) is 11.5 Å². The van der Waals surface area contributed by atoms with Crippen LogP contribution in [0.4, 0.5) is 0 Å². The molecule has 0 spiro atoms. The van der Waals surface area contributed by atoms with Crippen molar-refractivity contribution >= 4 is 5.91 Å². The lowest BCUT2D eigenvalue weighted by Gasteiger charge is -2.10. The molecule has 0 radical (unpaired) electrons. The molecule has 0 aliphatic heterocycles. The quantitative estimate of drug-likeness (QED) is 0.798. The molecule has 2 N–H and O–H groups in total. The predicted molar refractivity (Wildman–Crippen MR) is 63.6 cm³/mol. The lowest BCUT2D eigenvalue weighted by Crippen LogP contribution is -2.30. The molecule has 0 aliphatic rings. The SMILES string of the molecule is COc1cc(OC)cc(C(=O)NC[C@@H](C)O)c1. The van der Waals surface area contributed by atoms with Crippen molar-refractivity contribution in [2.75, 3.05) is 20.8 Å². The van der Waals surface area contributed by atoms with Crippen LogP contribution in [0.25, 0.3) is 0 Å². The molecule has 1 aromatic rings. The number of amides is 1. The van der Waals surface area contributed by atoms with Crippen molar-refractivity contribution in [3.05, 3.63) is 23.8 Å². The van der Waals surface area contributed by atoms with Crippen molar-refractivity contribution in [1.29, 1.82) is 0 Å². The third-order valence-corrected chi connectivity index (χ3v) is 2.17. The smallest absolute Gasteiger partial charge is 0.251 e. The van der Waals surface area contributed by atoms with E-state index < -0.39 is 6.10 Å². The van der Waals surface area contributed by atoms with Gasteiger partial charge in [0.05, 0.1) is 20.3 Å². The van der Waals surface area contributed by atoms with Crippen molar-refractivity contribution in [1.82, 2.24) is 5.32 Å². The number of aliphatic hydroxyl groups is 1. The first kappa shape index (κ1) is 13.3. The van der Waals surface area contributed by atoms with E-state index in [4.69, 9.17) is 14.6 Å². The number of aliphatic hydroxyl groups excluding tert-OH is 1. The average molecular weight is 239 g/mol. The topological polar surface area (TPSA) is 67.8 Å². The third kappa shape index (κ3) is 3.96. The Bertz CT molecular complexity index is 368. The van der Waals surface area contributed by atoms with E-state index in [0.29, 0.717) is 17.1 Å². The van der Waals surface area contributed by atoms with E-state index in [2.05, 4.69) is 5.32 Å². The second-order valence-electron chi connectivity index (χ2n) is 3.66. The summed E-state index contributed by atoms with van der Waals surface area (Å²) in [6, 6.07) is 4.91. The molecule has 0 heterocycles. The molecule has 94 valence electrons. The van der Waals surface area contributed by atoms with Gasteiger partial charge >= 0.3 is 0 Å². The van der Waals surface area contributed by atoms with Gasteiger partial charge in [-0.3, -0.25) is 4.79 Å². The summed E-state index contributed by atoms with van der Waals surface area (Å²) in [5.41, 5.74) is 0.432. The number of benzene rings is 1.